The van der Waals surface area contributed by atoms with E-state index in [1.807, 2.05) is 0 Å². The number of benzene rings is 1. The summed E-state index contributed by atoms with van der Waals surface area (Å²) in [6, 6.07) is 6.57. The van der Waals surface area contributed by atoms with Crippen LogP contribution < -0.4 is 24.2 Å². The van der Waals surface area contributed by atoms with Crippen molar-refractivity contribution in [3.8, 4) is 17.4 Å². The van der Waals surface area contributed by atoms with Crippen LogP contribution in [-0.2, 0) is 14.8 Å². The summed E-state index contributed by atoms with van der Waals surface area (Å²) >= 11 is 0. The quantitative estimate of drug-likeness (QED) is 0.700. The van der Waals surface area contributed by atoms with E-state index in [-0.39, 0.29) is 10.8 Å². The van der Waals surface area contributed by atoms with E-state index in [1.165, 1.54) is 31.5 Å². The van der Waals surface area contributed by atoms with Gasteiger partial charge in [0.25, 0.3) is 0 Å². The molecule has 0 saturated carbocycles. The van der Waals surface area contributed by atoms with Gasteiger partial charge in [-0.05, 0) is 24.1 Å². The Labute approximate surface area is 169 Å². The van der Waals surface area contributed by atoms with Crippen LogP contribution in [0.4, 0.5) is 5.69 Å². The summed E-state index contributed by atoms with van der Waals surface area (Å²) in [6.45, 7) is 4.26. The van der Waals surface area contributed by atoms with Crippen molar-refractivity contribution in [3.05, 3.63) is 36.5 Å². The lowest BCUT2D eigenvalue weighted by Gasteiger charge is -2.23. The molecule has 1 amide bonds. The molecule has 1 aliphatic heterocycles. The van der Waals surface area contributed by atoms with Crippen molar-refractivity contribution in [2.75, 3.05) is 25.6 Å². The molecule has 156 valence electrons. The van der Waals surface area contributed by atoms with Crippen molar-refractivity contribution in [2.24, 2.45) is 5.92 Å². The molecule has 2 N–H and O–H groups in total. The molecule has 3 rings (SSSR count). The number of methoxy groups -OCH3 is 1. The van der Waals surface area contributed by atoms with Crippen molar-refractivity contribution in [3.63, 3.8) is 0 Å². The fourth-order valence-electron chi connectivity index (χ4n) is 2.71. The van der Waals surface area contributed by atoms with Crippen molar-refractivity contribution < 1.29 is 27.4 Å². The summed E-state index contributed by atoms with van der Waals surface area (Å²) in [7, 11) is -2.48. The maximum absolute atomic E-state index is 12.9. The Kier molecular flexibility index (Phi) is 6.23. The Bertz CT molecular complexity index is 976. The highest BCUT2D eigenvalue weighted by Crippen LogP contribution is 2.32. The van der Waals surface area contributed by atoms with Crippen LogP contribution in [-0.4, -0.2) is 45.7 Å². The lowest BCUT2D eigenvalue weighted by Crippen LogP contribution is -2.47. The standard InChI is InChI=1S/C19H23N3O6S/c1-12(2)18(19(23)21-13-4-7-17(26-3)20-11-13)22-29(24,25)14-5-6-15-16(10-14)28-9-8-27-15/h4-7,10-12,18,22H,8-9H2,1-3H3,(H,21,23)/t18-/m1/s1. The Balaban J connectivity index is 1.77. The second kappa shape index (κ2) is 8.66. The third kappa shape index (κ3) is 4.96. The molecular formula is C19H23N3O6S. The number of amides is 1. The average Bonchev–Trinajstić information content (AvgIpc) is 2.72. The molecule has 0 bridgehead atoms. The molecule has 29 heavy (non-hydrogen) atoms. The van der Waals surface area contributed by atoms with Crippen LogP contribution in [0.5, 0.6) is 17.4 Å². The van der Waals surface area contributed by atoms with Crippen LogP contribution in [0.1, 0.15) is 13.8 Å². The van der Waals surface area contributed by atoms with Gasteiger partial charge in [0.15, 0.2) is 11.5 Å². The number of ether oxygens (including phenoxy) is 3. The summed E-state index contributed by atoms with van der Waals surface area (Å²) in [6.07, 6.45) is 1.43. The maximum Gasteiger partial charge on any atom is 0.242 e. The fourth-order valence-corrected chi connectivity index (χ4v) is 4.07. The lowest BCUT2D eigenvalue weighted by atomic mass is 10.1. The van der Waals surface area contributed by atoms with Gasteiger partial charge in [0, 0.05) is 12.1 Å². The monoisotopic (exact) mass is 421 g/mol. The molecule has 2 heterocycles. The van der Waals surface area contributed by atoms with Gasteiger partial charge in [-0.15, -0.1) is 0 Å². The second-order valence-electron chi connectivity index (χ2n) is 6.73. The van der Waals surface area contributed by atoms with Gasteiger partial charge in [-0.2, -0.15) is 4.72 Å². The molecule has 0 fully saturated rings. The highest BCUT2D eigenvalue weighted by molar-refractivity contribution is 7.89. The first-order valence-electron chi connectivity index (χ1n) is 9.03. The fraction of sp³-hybridized carbons (Fsp3) is 0.368. The minimum Gasteiger partial charge on any atom is -0.486 e. The molecule has 0 aliphatic carbocycles. The highest BCUT2D eigenvalue weighted by Gasteiger charge is 2.29. The van der Waals surface area contributed by atoms with Gasteiger partial charge >= 0.3 is 0 Å². The van der Waals surface area contributed by atoms with Crippen LogP contribution >= 0.6 is 0 Å². The predicted molar refractivity (Wildman–Crippen MR) is 106 cm³/mol. The largest absolute Gasteiger partial charge is 0.486 e. The molecular weight excluding hydrogens is 398 g/mol. The first-order valence-corrected chi connectivity index (χ1v) is 10.5. The Morgan fingerprint density at radius 2 is 1.86 bits per heavy atom. The molecule has 1 atom stereocenters. The third-order valence-corrected chi connectivity index (χ3v) is 5.71. The zero-order valence-electron chi connectivity index (χ0n) is 16.3. The van der Waals surface area contributed by atoms with E-state index in [2.05, 4.69) is 15.0 Å². The van der Waals surface area contributed by atoms with Gasteiger partial charge in [0.1, 0.15) is 19.3 Å². The normalized spacial score (nSPS) is 14.3. The van der Waals surface area contributed by atoms with Crippen molar-refractivity contribution in [2.45, 2.75) is 24.8 Å². The second-order valence-corrected chi connectivity index (χ2v) is 8.44. The van der Waals surface area contributed by atoms with Crippen molar-refractivity contribution in [1.82, 2.24) is 9.71 Å². The molecule has 0 saturated heterocycles. The van der Waals surface area contributed by atoms with Gasteiger partial charge in [-0.25, -0.2) is 13.4 Å². The lowest BCUT2D eigenvalue weighted by molar-refractivity contribution is -0.118. The van der Waals surface area contributed by atoms with Crippen LogP contribution in [0.2, 0.25) is 0 Å². The predicted octanol–water partition coefficient (Wildman–Crippen LogP) is 1.80. The molecule has 0 radical (unpaired) electrons. The molecule has 1 aromatic heterocycles. The van der Waals surface area contributed by atoms with Gasteiger partial charge in [0.2, 0.25) is 21.8 Å². The van der Waals surface area contributed by atoms with Crippen LogP contribution in [0.15, 0.2) is 41.4 Å². The number of carbonyl (C=O) groups is 1. The number of hydrogen-bond acceptors (Lipinski definition) is 7. The van der Waals surface area contributed by atoms with E-state index in [0.717, 1.165) is 0 Å². The van der Waals surface area contributed by atoms with Gasteiger partial charge < -0.3 is 19.5 Å². The zero-order chi connectivity index (χ0) is 21.0. The minimum absolute atomic E-state index is 0.00804. The number of nitrogens with one attached hydrogen (secondary N) is 2. The highest BCUT2D eigenvalue weighted by atomic mass is 32.2. The first-order chi connectivity index (χ1) is 13.8. The van der Waals surface area contributed by atoms with E-state index in [0.29, 0.717) is 36.3 Å². The topological polar surface area (TPSA) is 116 Å². The average molecular weight is 421 g/mol. The molecule has 1 aliphatic rings. The van der Waals surface area contributed by atoms with Crippen molar-refractivity contribution >= 4 is 21.6 Å². The number of pyridine rings is 1. The van der Waals surface area contributed by atoms with Crippen LogP contribution in [0.3, 0.4) is 0 Å². The molecule has 9 nitrogen and oxygen atoms in total. The number of anilines is 1. The smallest absolute Gasteiger partial charge is 0.242 e. The number of fused-ring (bicyclic) bond motifs is 1. The summed E-state index contributed by atoms with van der Waals surface area (Å²) in [5, 5.41) is 2.67. The molecule has 0 spiro atoms. The van der Waals surface area contributed by atoms with Gasteiger partial charge in [0.05, 0.1) is 23.9 Å². The SMILES string of the molecule is COc1ccc(NC(=O)[C@H](NS(=O)(=O)c2ccc3c(c2)OCCO3)C(C)C)cn1. The van der Waals surface area contributed by atoms with Gasteiger partial charge in [-0.1, -0.05) is 13.8 Å². The molecule has 0 unspecified atom stereocenters. The summed E-state index contributed by atoms with van der Waals surface area (Å²) in [5.74, 6) is 0.457. The summed E-state index contributed by atoms with van der Waals surface area (Å²) in [4.78, 5) is 16.7. The van der Waals surface area contributed by atoms with E-state index < -0.39 is 22.0 Å². The zero-order valence-corrected chi connectivity index (χ0v) is 17.2. The maximum atomic E-state index is 12.9. The molecule has 2 aromatic rings. The Morgan fingerprint density at radius 1 is 1.14 bits per heavy atom. The number of aromatic nitrogens is 1. The number of carbonyl (C=O) groups excluding carboxylic acids is 1. The van der Waals surface area contributed by atoms with E-state index in [1.54, 1.807) is 26.0 Å². The van der Waals surface area contributed by atoms with Crippen LogP contribution in [0, 0.1) is 5.92 Å². The Morgan fingerprint density at radius 3 is 2.48 bits per heavy atom. The van der Waals surface area contributed by atoms with Gasteiger partial charge in [-0.3, -0.25) is 4.79 Å². The number of rotatable bonds is 7. The van der Waals surface area contributed by atoms with Crippen molar-refractivity contribution in [1.29, 1.82) is 0 Å². The Hall–Kier alpha value is -2.85. The summed E-state index contributed by atoms with van der Waals surface area (Å²) in [5.41, 5.74) is 0.431. The van der Waals surface area contributed by atoms with E-state index in [4.69, 9.17) is 14.2 Å². The molecule has 1 aromatic carbocycles. The number of hydrogen-bond donors (Lipinski definition) is 2. The first kappa shape index (κ1) is 20.9. The van der Waals surface area contributed by atoms with E-state index >= 15 is 0 Å². The number of sulfonamides is 1. The number of nitrogens with zero attached hydrogens (tertiary/aromatic N) is 1. The summed E-state index contributed by atoms with van der Waals surface area (Å²) < 4.78 is 44.0. The third-order valence-electron chi connectivity index (χ3n) is 4.27. The van der Waals surface area contributed by atoms with Crippen LogP contribution in [0.25, 0.3) is 0 Å². The molecule has 10 heteroatoms. The van der Waals surface area contributed by atoms with E-state index in [9.17, 15) is 13.2 Å². The minimum atomic E-state index is -3.97.